The lowest BCUT2D eigenvalue weighted by Gasteiger charge is -2.16. The van der Waals surface area contributed by atoms with Gasteiger partial charge in [-0.2, -0.15) is 0 Å². The number of carbonyl (C=O) groups excluding carboxylic acids is 1. The minimum atomic E-state index is -0.562. The Bertz CT molecular complexity index is 393. The van der Waals surface area contributed by atoms with Gasteiger partial charge in [-0.05, 0) is 31.5 Å². The first-order valence-corrected chi connectivity index (χ1v) is 6.00. The van der Waals surface area contributed by atoms with Gasteiger partial charge in [0.25, 0.3) is 0 Å². The van der Waals surface area contributed by atoms with Crippen molar-refractivity contribution in [1.29, 1.82) is 0 Å². The second-order valence-electron chi connectivity index (χ2n) is 3.51. The smallest absolute Gasteiger partial charge is 0.238 e. The molecular formula is C11H12Cl3NO. The maximum Gasteiger partial charge on any atom is 0.238 e. The molecule has 0 aliphatic carbocycles. The van der Waals surface area contributed by atoms with Crippen molar-refractivity contribution in [3.8, 4) is 0 Å². The fraction of sp³-hybridized carbons (Fsp3) is 0.364. The molecule has 1 amide bonds. The third-order valence-corrected chi connectivity index (χ3v) is 2.91. The quantitative estimate of drug-likeness (QED) is 0.838. The zero-order valence-electron chi connectivity index (χ0n) is 8.93. The fourth-order valence-electron chi connectivity index (χ4n) is 1.26. The van der Waals surface area contributed by atoms with Gasteiger partial charge >= 0.3 is 0 Å². The second-order valence-corrected chi connectivity index (χ2v) is 5.01. The van der Waals surface area contributed by atoms with Crippen molar-refractivity contribution in [3.05, 3.63) is 33.8 Å². The van der Waals surface area contributed by atoms with Crippen LogP contribution in [0.2, 0.25) is 10.0 Å². The summed E-state index contributed by atoms with van der Waals surface area (Å²) < 4.78 is 0. The maximum atomic E-state index is 11.4. The number of carbonyl (C=O) groups is 1. The molecule has 0 aromatic heterocycles. The van der Waals surface area contributed by atoms with Gasteiger partial charge in [0.15, 0.2) is 0 Å². The van der Waals surface area contributed by atoms with E-state index in [0.717, 1.165) is 5.56 Å². The van der Waals surface area contributed by atoms with Crippen LogP contribution in [0.3, 0.4) is 0 Å². The number of rotatable bonds is 3. The molecule has 0 saturated carbocycles. The predicted molar refractivity (Wildman–Crippen MR) is 68.3 cm³/mol. The van der Waals surface area contributed by atoms with Gasteiger partial charge in [0.2, 0.25) is 5.91 Å². The minimum Gasteiger partial charge on any atom is -0.348 e. The Balaban J connectivity index is 2.80. The summed E-state index contributed by atoms with van der Waals surface area (Å²) in [5, 5.41) is 3.29. The molecule has 1 rings (SSSR count). The molecule has 1 aromatic carbocycles. The van der Waals surface area contributed by atoms with E-state index in [2.05, 4.69) is 5.32 Å². The van der Waals surface area contributed by atoms with Crippen LogP contribution in [0.15, 0.2) is 18.2 Å². The highest BCUT2D eigenvalue weighted by molar-refractivity contribution is 6.35. The summed E-state index contributed by atoms with van der Waals surface area (Å²) >= 11 is 17.5. The molecule has 88 valence electrons. The topological polar surface area (TPSA) is 29.1 Å². The van der Waals surface area contributed by atoms with Crippen LogP contribution in [0, 0.1) is 0 Å². The molecule has 0 heterocycles. The van der Waals surface area contributed by atoms with Gasteiger partial charge < -0.3 is 5.32 Å². The first-order chi connectivity index (χ1) is 7.41. The summed E-state index contributed by atoms with van der Waals surface area (Å²) in [6.45, 7) is 3.46. The highest BCUT2D eigenvalue weighted by atomic mass is 35.5. The summed E-state index contributed by atoms with van der Waals surface area (Å²) in [4.78, 5) is 11.4. The zero-order valence-corrected chi connectivity index (χ0v) is 11.2. The molecule has 0 saturated heterocycles. The lowest BCUT2D eigenvalue weighted by molar-refractivity contribution is -0.121. The van der Waals surface area contributed by atoms with Crippen LogP contribution in [0.1, 0.15) is 25.5 Å². The zero-order chi connectivity index (χ0) is 12.3. The van der Waals surface area contributed by atoms with E-state index in [-0.39, 0.29) is 11.9 Å². The SMILES string of the molecule is C[C@H](NC(=O)[C@@H](C)Cl)c1ccc(Cl)cc1Cl. The molecule has 1 N–H and O–H groups in total. The lowest BCUT2D eigenvalue weighted by Crippen LogP contribution is -2.32. The molecular weight excluding hydrogens is 268 g/mol. The van der Waals surface area contributed by atoms with Crippen LogP contribution in [0.5, 0.6) is 0 Å². The number of alkyl halides is 1. The number of hydrogen-bond donors (Lipinski definition) is 1. The predicted octanol–water partition coefficient (Wildman–Crippen LogP) is 3.80. The molecule has 0 bridgehead atoms. The number of halogens is 3. The molecule has 0 aliphatic heterocycles. The number of nitrogens with one attached hydrogen (secondary N) is 1. The van der Waals surface area contributed by atoms with E-state index >= 15 is 0 Å². The Morgan fingerprint density at radius 3 is 2.44 bits per heavy atom. The molecule has 0 unspecified atom stereocenters. The van der Waals surface area contributed by atoms with E-state index in [4.69, 9.17) is 34.8 Å². The second kappa shape index (κ2) is 5.76. The largest absolute Gasteiger partial charge is 0.348 e. The van der Waals surface area contributed by atoms with Gasteiger partial charge in [0.1, 0.15) is 5.38 Å². The van der Waals surface area contributed by atoms with E-state index in [1.165, 1.54) is 0 Å². The summed E-state index contributed by atoms with van der Waals surface area (Å²) in [5.41, 5.74) is 0.816. The van der Waals surface area contributed by atoms with Crippen LogP contribution in [0.4, 0.5) is 0 Å². The van der Waals surface area contributed by atoms with E-state index < -0.39 is 5.38 Å². The summed E-state index contributed by atoms with van der Waals surface area (Å²) in [6.07, 6.45) is 0. The summed E-state index contributed by atoms with van der Waals surface area (Å²) in [6, 6.07) is 4.97. The van der Waals surface area contributed by atoms with Crippen LogP contribution in [0.25, 0.3) is 0 Å². The molecule has 5 heteroatoms. The van der Waals surface area contributed by atoms with Crippen LogP contribution in [-0.2, 0) is 4.79 Å². The number of hydrogen-bond acceptors (Lipinski definition) is 1. The maximum absolute atomic E-state index is 11.4. The van der Waals surface area contributed by atoms with Crippen LogP contribution >= 0.6 is 34.8 Å². The Kier molecular flexibility index (Phi) is 4.90. The van der Waals surface area contributed by atoms with Crippen molar-refractivity contribution in [2.75, 3.05) is 0 Å². The van der Waals surface area contributed by atoms with E-state index in [1.807, 2.05) is 6.92 Å². The average Bonchev–Trinajstić information content (AvgIpc) is 2.16. The Morgan fingerprint density at radius 1 is 1.31 bits per heavy atom. The molecule has 2 atom stereocenters. The van der Waals surface area contributed by atoms with Crippen molar-refractivity contribution in [3.63, 3.8) is 0 Å². The lowest BCUT2D eigenvalue weighted by atomic mass is 10.1. The molecule has 16 heavy (non-hydrogen) atoms. The molecule has 2 nitrogen and oxygen atoms in total. The van der Waals surface area contributed by atoms with Crippen molar-refractivity contribution >= 4 is 40.7 Å². The van der Waals surface area contributed by atoms with Crippen molar-refractivity contribution in [2.24, 2.45) is 0 Å². The van der Waals surface area contributed by atoms with Crippen LogP contribution in [-0.4, -0.2) is 11.3 Å². The highest BCUT2D eigenvalue weighted by Gasteiger charge is 2.15. The third-order valence-electron chi connectivity index (χ3n) is 2.15. The van der Waals surface area contributed by atoms with E-state index in [0.29, 0.717) is 10.0 Å². The Hall–Kier alpha value is -0.440. The van der Waals surface area contributed by atoms with E-state index in [1.54, 1.807) is 25.1 Å². The third kappa shape index (κ3) is 3.55. The molecule has 0 aliphatic rings. The van der Waals surface area contributed by atoms with Gasteiger partial charge in [-0.15, -0.1) is 11.6 Å². The van der Waals surface area contributed by atoms with Gasteiger partial charge in [0.05, 0.1) is 6.04 Å². The number of benzene rings is 1. The van der Waals surface area contributed by atoms with Crippen molar-refractivity contribution in [1.82, 2.24) is 5.32 Å². The average molecular weight is 281 g/mol. The summed E-state index contributed by atoms with van der Waals surface area (Å²) in [7, 11) is 0. The molecule has 0 spiro atoms. The van der Waals surface area contributed by atoms with Crippen molar-refractivity contribution in [2.45, 2.75) is 25.3 Å². The standard InChI is InChI=1S/C11H12Cl3NO/c1-6(12)11(16)15-7(2)9-4-3-8(13)5-10(9)14/h3-7H,1-2H3,(H,15,16)/t6-,7+/m1/s1. The first kappa shape index (κ1) is 13.6. The molecule has 0 radical (unpaired) electrons. The van der Waals surface area contributed by atoms with E-state index in [9.17, 15) is 4.79 Å². The minimum absolute atomic E-state index is 0.196. The Morgan fingerprint density at radius 2 is 1.94 bits per heavy atom. The molecule has 0 fully saturated rings. The van der Waals surface area contributed by atoms with Gasteiger partial charge in [-0.3, -0.25) is 4.79 Å². The Labute approximate surface area is 110 Å². The van der Waals surface area contributed by atoms with Gasteiger partial charge in [-0.25, -0.2) is 0 Å². The molecule has 1 aromatic rings. The van der Waals surface area contributed by atoms with Crippen LogP contribution < -0.4 is 5.32 Å². The summed E-state index contributed by atoms with van der Waals surface area (Å²) in [5.74, 6) is -0.222. The normalized spacial score (nSPS) is 14.3. The van der Waals surface area contributed by atoms with Crippen molar-refractivity contribution < 1.29 is 4.79 Å². The van der Waals surface area contributed by atoms with Gasteiger partial charge in [-0.1, -0.05) is 29.3 Å². The highest BCUT2D eigenvalue weighted by Crippen LogP contribution is 2.26. The fourth-order valence-corrected chi connectivity index (χ4v) is 1.89. The number of amides is 1. The van der Waals surface area contributed by atoms with Gasteiger partial charge in [0, 0.05) is 10.0 Å². The first-order valence-electron chi connectivity index (χ1n) is 4.81. The monoisotopic (exact) mass is 279 g/mol.